The average molecular weight is 484 g/mol. The Hall–Kier alpha value is -3.89. The molecule has 0 fully saturated rings. The molecule has 0 aromatic carbocycles. The zero-order valence-electron chi connectivity index (χ0n) is 20.2. The van der Waals surface area contributed by atoms with Crippen molar-refractivity contribution in [2.24, 2.45) is 7.05 Å². The van der Waals surface area contributed by atoms with Gasteiger partial charge in [0.15, 0.2) is 11.5 Å². The second kappa shape index (κ2) is 9.40. The number of halogens is 2. The minimum Gasteiger partial charge on any atom is -0.456 e. The van der Waals surface area contributed by atoms with Crippen LogP contribution in [-0.2, 0) is 30.2 Å². The Morgan fingerprint density at radius 3 is 2.63 bits per heavy atom. The molecule has 4 rings (SSSR count). The molecular formula is C24H27F2N7O2. The van der Waals surface area contributed by atoms with Gasteiger partial charge in [-0.25, -0.2) is 13.8 Å². The van der Waals surface area contributed by atoms with Crippen LogP contribution in [0.1, 0.15) is 39.1 Å². The van der Waals surface area contributed by atoms with E-state index < -0.39 is 13.0 Å². The minimum atomic E-state index is -2.51. The number of alkyl halides is 2. The highest BCUT2D eigenvalue weighted by atomic mass is 19.3. The highest BCUT2D eigenvalue weighted by Crippen LogP contribution is 2.29. The lowest BCUT2D eigenvalue weighted by Crippen LogP contribution is -2.20. The molecule has 35 heavy (non-hydrogen) atoms. The zero-order chi connectivity index (χ0) is 25.3. The number of anilines is 2. The lowest BCUT2D eigenvalue weighted by molar-refractivity contribution is -0.116. The zero-order valence-corrected chi connectivity index (χ0v) is 20.2. The van der Waals surface area contributed by atoms with E-state index in [2.05, 4.69) is 25.4 Å². The van der Waals surface area contributed by atoms with Crippen molar-refractivity contribution >= 4 is 28.7 Å². The fourth-order valence-corrected chi connectivity index (χ4v) is 3.69. The van der Waals surface area contributed by atoms with E-state index in [4.69, 9.17) is 4.74 Å². The number of nitrogens with zero attached hydrogens (tertiary/aromatic N) is 6. The minimum absolute atomic E-state index is 0.0151. The number of pyridine rings is 2. The predicted octanol–water partition coefficient (Wildman–Crippen LogP) is 4.79. The molecule has 0 saturated carbocycles. The maximum absolute atomic E-state index is 13.1. The van der Waals surface area contributed by atoms with Gasteiger partial charge < -0.3 is 14.6 Å². The molecule has 0 saturated heterocycles. The first-order chi connectivity index (χ1) is 16.5. The second-order valence-corrected chi connectivity index (χ2v) is 9.33. The van der Waals surface area contributed by atoms with Crippen LogP contribution in [0, 0.1) is 0 Å². The number of ether oxygens (including phenoxy) is 1. The number of rotatable bonds is 8. The first-order valence-electron chi connectivity index (χ1n) is 11.1. The number of Topliss-reactive ketones (excluding diaryl/α,β-unsaturated/α-hetero) is 1. The van der Waals surface area contributed by atoms with Crippen molar-refractivity contribution in [2.75, 3.05) is 5.32 Å². The van der Waals surface area contributed by atoms with Crippen LogP contribution in [0.5, 0.6) is 11.5 Å². The van der Waals surface area contributed by atoms with Gasteiger partial charge in [-0.2, -0.15) is 10.1 Å². The smallest absolute Gasteiger partial charge is 0.257 e. The Labute approximate surface area is 201 Å². The molecule has 0 atom stereocenters. The van der Waals surface area contributed by atoms with Crippen molar-refractivity contribution in [2.45, 2.75) is 52.5 Å². The summed E-state index contributed by atoms with van der Waals surface area (Å²) >= 11 is 0. The van der Waals surface area contributed by atoms with Gasteiger partial charge in [0.1, 0.15) is 23.8 Å². The van der Waals surface area contributed by atoms with E-state index in [-0.39, 0.29) is 17.6 Å². The summed E-state index contributed by atoms with van der Waals surface area (Å²) in [6.45, 7) is 6.86. The highest BCUT2D eigenvalue weighted by molar-refractivity contribution is 5.78. The molecule has 11 heteroatoms. The van der Waals surface area contributed by atoms with Crippen molar-refractivity contribution in [1.82, 2.24) is 29.3 Å². The Bertz CT molecular complexity index is 1370. The van der Waals surface area contributed by atoms with Crippen LogP contribution in [-0.4, -0.2) is 41.5 Å². The Balaban J connectivity index is 1.59. The van der Waals surface area contributed by atoms with Crippen LogP contribution in [0.3, 0.4) is 0 Å². The molecule has 9 nitrogen and oxygen atoms in total. The third-order valence-electron chi connectivity index (χ3n) is 5.27. The summed E-state index contributed by atoms with van der Waals surface area (Å²) in [5.74, 6) is 1.92. The number of aromatic nitrogens is 6. The number of nitrogens with one attached hydrogen (secondary N) is 1. The van der Waals surface area contributed by atoms with Gasteiger partial charge in [0.05, 0.1) is 17.4 Å². The summed E-state index contributed by atoms with van der Waals surface area (Å²) in [4.78, 5) is 24.4. The SMILES string of the molecule is CC(=O)Cc1cc(Oc2cnc3nc(Nc4cc(C(C)(C)C)n(CC(F)F)n4)n(C)c3c2)ccn1. The summed E-state index contributed by atoms with van der Waals surface area (Å²) in [5.41, 5.74) is 2.13. The number of carbonyl (C=O) groups excluding carboxylic acids is 1. The van der Waals surface area contributed by atoms with Gasteiger partial charge in [-0.15, -0.1) is 0 Å². The summed E-state index contributed by atoms with van der Waals surface area (Å²) in [7, 11) is 1.81. The fourth-order valence-electron chi connectivity index (χ4n) is 3.69. The molecule has 4 aromatic heterocycles. The lowest BCUT2D eigenvalue weighted by atomic mass is 9.92. The molecule has 0 unspecified atom stereocenters. The van der Waals surface area contributed by atoms with E-state index in [9.17, 15) is 13.6 Å². The normalized spacial score (nSPS) is 11.9. The van der Waals surface area contributed by atoms with Gasteiger partial charge in [-0.05, 0) is 13.0 Å². The molecule has 4 aromatic rings. The number of hydrogen-bond acceptors (Lipinski definition) is 7. The molecule has 0 aliphatic rings. The molecule has 0 spiro atoms. The predicted molar refractivity (Wildman–Crippen MR) is 127 cm³/mol. The second-order valence-electron chi connectivity index (χ2n) is 9.33. The first kappa shape index (κ1) is 24.2. The van der Waals surface area contributed by atoms with Crippen molar-refractivity contribution in [3.63, 3.8) is 0 Å². The summed E-state index contributed by atoms with van der Waals surface area (Å²) in [5, 5.41) is 7.44. The Morgan fingerprint density at radius 1 is 1.17 bits per heavy atom. The van der Waals surface area contributed by atoms with Crippen LogP contribution in [0.4, 0.5) is 20.5 Å². The molecule has 0 aliphatic carbocycles. The highest BCUT2D eigenvalue weighted by Gasteiger charge is 2.23. The quantitative estimate of drug-likeness (QED) is 0.385. The van der Waals surface area contributed by atoms with Gasteiger partial charge in [0.25, 0.3) is 6.43 Å². The number of ketones is 1. The molecule has 0 bridgehead atoms. The van der Waals surface area contributed by atoms with Crippen LogP contribution >= 0.6 is 0 Å². The fraction of sp³-hybridized carbons (Fsp3) is 0.375. The first-order valence-corrected chi connectivity index (χ1v) is 11.1. The standard InChI is InChI=1S/C24H27F2N7O2/c1-14(34)8-15-9-16(6-7-27-15)35-17-10-18-22(28-12-17)30-23(32(18)5)29-21-11-19(24(2,3)4)33(31-21)13-20(25)26/h6-7,9-12,20H,8,13H2,1-5H3,(H,28,29,30,31). The molecule has 184 valence electrons. The maximum atomic E-state index is 13.1. The summed E-state index contributed by atoms with van der Waals surface area (Å²) < 4.78 is 35.2. The van der Waals surface area contributed by atoms with E-state index in [0.29, 0.717) is 45.8 Å². The van der Waals surface area contributed by atoms with E-state index in [0.717, 1.165) is 0 Å². The molecule has 4 heterocycles. The van der Waals surface area contributed by atoms with Gasteiger partial charge in [-0.1, -0.05) is 20.8 Å². The van der Waals surface area contributed by atoms with Crippen molar-refractivity contribution in [3.05, 3.63) is 48.0 Å². The average Bonchev–Trinajstić information content (AvgIpc) is 3.28. The lowest BCUT2D eigenvalue weighted by Gasteiger charge is -2.19. The maximum Gasteiger partial charge on any atom is 0.257 e. The number of imidazole rings is 1. The topological polar surface area (TPSA) is 99.7 Å². The van der Waals surface area contributed by atoms with E-state index in [1.165, 1.54) is 11.6 Å². The Morgan fingerprint density at radius 2 is 1.94 bits per heavy atom. The van der Waals surface area contributed by atoms with Gasteiger partial charge >= 0.3 is 0 Å². The third-order valence-corrected chi connectivity index (χ3v) is 5.27. The van der Waals surface area contributed by atoms with Gasteiger partial charge in [0.2, 0.25) is 5.95 Å². The molecule has 0 aliphatic heterocycles. The van der Waals surface area contributed by atoms with Crippen molar-refractivity contribution in [3.8, 4) is 11.5 Å². The molecule has 1 N–H and O–H groups in total. The van der Waals surface area contributed by atoms with E-state index in [1.807, 2.05) is 20.8 Å². The van der Waals surface area contributed by atoms with E-state index in [1.54, 1.807) is 48.3 Å². The van der Waals surface area contributed by atoms with Crippen LogP contribution in [0.15, 0.2) is 36.7 Å². The molecule has 0 amide bonds. The number of fused-ring (bicyclic) bond motifs is 1. The number of carbonyl (C=O) groups is 1. The largest absolute Gasteiger partial charge is 0.456 e. The van der Waals surface area contributed by atoms with E-state index >= 15 is 0 Å². The van der Waals surface area contributed by atoms with Crippen LogP contribution in [0.25, 0.3) is 11.2 Å². The molecule has 0 radical (unpaired) electrons. The van der Waals surface area contributed by atoms with Crippen LogP contribution in [0.2, 0.25) is 0 Å². The monoisotopic (exact) mass is 483 g/mol. The van der Waals surface area contributed by atoms with Crippen LogP contribution < -0.4 is 10.1 Å². The molecular weight excluding hydrogens is 456 g/mol. The summed E-state index contributed by atoms with van der Waals surface area (Å²) in [6.07, 6.45) is 0.861. The van der Waals surface area contributed by atoms with Gasteiger partial charge in [-0.3, -0.25) is 14.5 Å². The third kappa shape index (κ3) is 5.61. The van der Waals surface area contributed by atoms with Crippen molar-refractivity contribution < 1.29 is 18.3 Å². The number of hydrogen-bond donors (Lipinski definition) is 1. The summed E-state index contributed by atoms with van der Waals surface area (Å²) in [6, 6.07) is 6.96. The Kier molecular flexibility index (Phi) is 6.51. The number of aryl methyl sites for hydroxylation is 1. The van der Waals surface area contributed by atoms with Crippen molar-refractivity contribution in [1.29, 1.82) is 0 Å². The van der Waals surface area contributed by atoms with Gasteiger partial charge in [0, 0.05) is 49.0 Å².